The number of rotatable bonds is 8. The predicted molar refractivity (Wildman–Crippen MR) is 119 cm³/mol. The Balaban J connectivity index is 2.33. The number of hydrogen-bond donors (Lipinski definition) is 1. The Bertz CT molecular complexity index is 868. The summed E-state index contributed by atoms with van der Waals surface area (Å²) in [7, 11) is 0. The van der Waals surface area contributed by atoms with E-state index in [0.29, 0.717) is 23.0 Å². The molecule has 0 radical (unpaired) electrons. The van der Waals surface area contributed by atoms with Gasteiger partial charge in [0.2, 0.25) is 11.8 Å². The first-order valence-electron chi connectivity index (χ1n) is 9.81. The van der Waals surface area contributed by atoms with Crippen molar-refractivity contribution < 1.29 is 9.59 Å². The molecule has 0 aliphatic heterocycles. The van der Waals surface area contributed by atoms with Crippen LogP contribution in [0.1, 0.15) is 43.9 Å². The summed E-state index contributed by atoms with van der Waals surface area (Å²) in [5, 5.41) is 3.79. The fourth-order valence-electron chi connectivity index (χ4n) is 3.20. The molecule has 0 spiro atoms. The third kappa shape index (κ3) is 6.48. The number of amides is 2. The van der Waals surface area contributed by atoms with Crippen LogP contribution in [-0.4, -0.2) is 28.8 Å². The lowest BCUT2D eigenvalue weighted by Crippen LogP contribution is -2.50. The molecule has 0 heterocycles. The van der Waals surface area contributed by atoms with Crippen LogP contribution in [0, 0.1) is 6.92 Å². The van der Waals surface area contributed by atoms with E-state index in [9.17, 15) is 9.59 Å². The number of carbonyl (C=O) groups excluding carboxylic acids is 2. The number of carbonyl (C=O) groups is 2. The van der Waals surface area contributed by atoms with E-state index in [2.05, 4.69) is 5.32 Å². The van der Waals surface area contributed by atoms with E-state index in [0.717, 1.165) is 16.7 Å². The number of benzene rings is 2. The van der Waals surface area contributed by atoms with Gasteiger partial charge in [-0.3, -0.25) is 9.59 Å². The maximum Gasteiger partial charge on any atom is 0.243 e. The van der Waals surface area contributed by atoms with Crippen molar-refractivity contribution in [3.05, 3.63) is 69.2 Å². The second kappa shape index (κ2) is 10.7. The van der Waals surface area contributed by atoms with Crippen LogP contribution in [-0.2, 0) is 22.6 Å². The SMILES string of the molecule is CC[C@H](C(=O)NC(C)C)N(Cc1ccccc1C)C(=O)Cc1ccc(Cl)c(Cl)c1. The highest BCUT2D eigenvalue weighted by atomic mass is 35.5. The zero-order valence-corrected chi connectivity index (χ0v) is 18.8. The second-order valence-corrected chi connectivity index (χ2v) is 8.28. The Kier molecular flexibility index (Phi) is 8.54. The molecule has 0 fully saturated rings. The molecule has 0 bridgehead atoms. The molecule has 2 aromatic rings. The van der Waals surface area contributed by atoms with E-state index in [-0.39, 0.29) is 24.3 Å². The van der Waals surface area contributed by atoms with Crippen molar-refractivity contribution in [3.63, 3.8) is 0 Å². The van der Waals surface area contributed by atoms with Gasteiger partial charge in [-0.05, 0) is 56.0 Å². The quantitative estimate of drug-likeness (QED) is 0.622. The van der Waals surface area contributed by atoms with Crippen LogP contribution in [0.4, 0.5) is 0 Å². The first kappa shape index (κ1) is 23.2. The molecule has 6 heteroatoms. The van der Waals surface area contributed by atoms with E-state index >= 15 is 0 Å². The van der Waals surface area contributed by atoms with E-state index in [1.54, 1.807) is 23.1 Å². The molecule has 4 nitrogen and oxygen atoms in total. The van der Waals surface area contributed by atoms with Crippen molar-refractivity contribution in [1.82, 2.24) is 10.2 Å². The third-order valence-electron chi connectivity index (χ3n) is 4.76. The largest absolute Gasteiger partial charge is 0.352 e. The number of halogens is 2. The summed E-state index contributed by atoms with van der Waals surface area (Å²) in [5.41, 5.74) is 2.86. The van der Waals surface area contributed by atoms with Gasteiger partial charge in [-0.2, -0.15) is 0 Å². The van der Waals surface area contributed by atoms with Crippen molar-refractivity contribution in [2.45, 2.75) is 59.2 Å². The van der Waals surface area contributed by atoms with Crippen LogP contribution in [0.3, 0.4) is 0 Å². The smallest absolute Gasteiger partial charge is 0.243 e. The molecule has 0 aromatic heterocycles. The third-order valence-corrected chi connectivity index (χ3v) is 5.50. The van der Waals surface area contributed by atoms with Crippen LogP contribution >= 0.6 is 23.2 Å². The molecular weight excluding hydrogens is 407 g/mol. The molecule has 0 unspecified atom stereocenters. The fraction of sp³-hybridized carbons (Fsp3) is 0.391. The minimum absolute atomic E-state index is 0.00188. The molecule has 29 heavy (non-hydrogen) atoms. The highest BCUT2D eigenvalue weighted by Gasteiger charge is 2.29. The highest BCUT2D eigenvalue weighted by Crippen LogP contribution is 2.24. The number of hydrogen-bond acceptors (Lipinski definition) is 2. The molecule has 0 saturated carbocycles. The molecule has 0 saturated heterocycles. The Morgan fingerprint density at radius 2 is 1.76 bits per heavy atom. The Hall–Kier alpha value is -2.04. The first-order valence-corrected chi connectivity index (χ1v) is 10.6. The minimum atomic E-state index is -0.549. The molecule has 0 aliphatic rings. The molecular formula is C23H28Cl2N2O2. The Labute approximate surface area is 183 Å². The molecule has 156 valence electrons. The van der Waals surface area contributed by atoms with Crippen molar-refractivity contribution in [2.24, 2.45) is 0 Å². The molecule has 2 aromatic carbocycles. The predicted octanol–water partition coefficient (Wildman–Crippen LogP) is 5.18. The van der Waals surface area contributed by atoms with E-state index in [1.807, 2.05) is 52.0 Å². The standard InChI is InChI=1S/C23H28Cl2N2O2/c1-5-21(23(29)26-15(2)3)27(14-18-9-7-6-8-16(18)4)22(28)13-17-10-11-19(24)20(25)12-17/h6-12,15,21H,5,13-14H2,1-4H3,(H,26,29)/t21-/m1/s1. The van der Waals surface area contributed by atoms with Crippen molar-refractivity contribution >= 4 is 35.0 Å². The average molecular weight is 435 g/mol. The summed E-state index contributed by atoms with van der Waals surface area (Å²) < 4.78 is 0. The zero-order valence-electron chi connectivity index (χ0n) is 17.3. The minimum Gasteiger partial charge on any atom is -0.352 e. The highest BCUT2D eigenvalue weighted by molar-refractivity contribution is 6.42. The molecule has 2 amide bonds. The maximum absolute atomic E-state index is 13.3. The second-order valence-electron chi connectivity index (χ2n) is 7.46. The van der Waals surface area contributed by atoms with Gasteiger partial charge in [0.25, 0.3) is 0 Å². The fourth-order valence-corrected chi connectivity index (χ4v) is 3.52. The normalized spacial score (nSPS) is 12.0. The van der Waals surface area contributed by atoms with Gasteiger partial charge in [0.05, 0.1) is 16.5 Å². The summed E-state index contributed by atoms with van der Waals surface area (Å²) in [6.45, 7) is 8.12. The Morgan fingerprint density at radius 3 is 2.34 bits per heavy atom. The van der Waals surface area contributed by atoms with Gasteiger partial charge in [-0.15, -0.1) is 0 Å². The molecule has 1 atom stereocenters. The summed E-state index contributed by atoms with van der Waals surface area (Å²) in [5.74, 6) is -0.268. The summed E-state index contributed by atoms with van der Waals surface area (Å²) in [6, 6.07) is 12.5. The van der Waals surface area contributed by atoms with Crippen molar-refractivity contribution in [1.29, 1.82) is 0 Å². The van der Waals surface area contributed by atoms with Gasteiger partial charge in [0.1, 0.15) is 6.04 Å². The lowest BCUT2D eigenvalue weighted by atomic mass is 10.0. The zero-order chi connectivity index (χ0) is 21.6. The monoisotopic (exact) mass is 434 g/mol. The van der Waals surface area contributed by atoms with E-state index in [4.69, 9.17) is 23.2 Å². The van der Waals surface area contributed by atoms with Crippen LogP contribution in [0.5, 0.6) is 0 Å². The van der Waals surface area contributed by atoms with Crippen LogP contribution in [0.25, 0.3) is 0 Å². The number of nitrogens with one attached hydrogen (secondary N) is 1. The topological polar surface area (TPSA) is 49.4 Å². The van der Waals surface area contributed by atoms with Crippen LogP contribution < -0.4 is 5.32 Å². The molecule has 2 rings (SSSR count). The lowest BCUT2D eigenvalue weighted by molar-refractivity contribution is -0.141. The Morgan fingerprint density at radius 1 is 1.07 bits per heavy atom. The van der Waals surface area contributed by atoms with Gasteiger partial charge in [0, 0.05) is 12.6 Å². The van der Waals surface area contributed by atoms with Gasteiger partial charge in [0.15, 0.2) is 0 Å². The lowest BCUT2D eigenvalue weighted by Gasteiger charge is -2.31. The summed E-state index contributed by atoms with van der Waals surface area (Å²) in [6.07, 6.45) is 0.672. The van der Waals surface area contributed by atoms with Crippen LogP contribution in [0.15, 0.2) is 42.5 Å². The van der Waals surface area contributed by atoms with Gasteiger partial charge >= 0.3 is 0 Å². The number of nitrogens with zero attached hydrogens (tertiary/aromatic N) is 1. The van der Waals surface area contributed by atoms with Crippen LogP contribution in [0.2, 0.25) is 10.0 Å². The summed E-state index contributed by atoms with van der Waals surface area (Å²) in [4.78, 5) is 27.8. The van der Waals surface area contributed by atoms with E-state index < -0.39 is 6.04 Å². The summed E-state index contributed by atoms with van der Waals surface area (Å²) >= 11 is 12.1. The van der Waals surface area contributed by atoms with Gasteiger partial charge in [-0.1, -0.05) is 60.5 Å². The maximum atomic E-state index is 13.3. The first-order chi connectivity index (χ1) is 13.7. The van der Waals surface area contributed by atoms with Gasteiger partial charge in [-0.25, -0.2) is 0 Å². The molecule has 0 aliphatic carbocycles. The number of aryl methyl sites for hydroxylation is 1. The van der Waals surface area contributed by atoms with Crippen molar-refractivity contribution in [2.75, 3.05) is 0 Å². The molecule has 1 N–H and O–H groups in total. The van der Waals surface area contributed by atoms with E-state index in [1.165, 1.54) is 0 Å². The van der Waals surface area contributed by atoms with Gasteiger partial charge < -0.3 is 10.2 Å². The average Bonchev–Trinajstić information content (AvgIpc) is 2.65. The van der Waals surface area contributed by atoms with Crippen molar-refractivity contribution in [3.8, 4) is 0 Å².